The maximum absolute atomic E-state index is 11.8. The Kier molecular flexibility index (Phi) is 3.38. The number of rotatable bonds is 2. The van der Waals surface area contributed by atoms with Gasteiger partial charge in [-0.05, 0) is 6.92 Å². The van der Waals surface area contributed by atoms with E-state index in [0.717, 1.165) is 0 Å². The van der Waals surface area contributed by atoms with Crippen molar-refractivity contribution in [2.45, 2.75) is 32.3 Å². The summed E-state index contributed by atoms with van der Waals surface area (Å²) in [5, 5.41) is 18.9. The molecule has 1 saturated heterocycles. The molecule has 1 fully saturated rings. The zero-order valence-corrected chi connectivity index (χ0v) is 10.3. The molecule has 0 amide bonds. The van der Waals surface area contributed by atoms with Gasteiger partial charge in [-0.3, -0.25) is 4.57 Å². The summed E-state index contributed by atoms with van der Waals surface area (Å²) < 4.78 is 6.78. The third-order valence-corrected chi connectivity index (χ3v) is 3.31. The monoisotopic (exact) mass is 255 g/mol. The van der Waals surface area contributed by atoms with E-state index in [1.165, 1.54) is 4.57 Å². The molecule has 1 unspecified atom stereocenters. The second-order valence-corrected chi connectivity index (χ2v) is 4.60. The largest absolute Gasteiger partial charge is 0.394 e. The van der Waals surface area contributed by atoms with Crippen LogP contribution in [0, 0.1) is 12.8 Å². The Balaban J connectivity index is 2.39. The summed E-state index contributed by atoms with van der Waals surface area (Å²) in [5.41, 5.74) is 5.68. The van der Waals surface area contributed by atoms with Crippen LogP contribution in [-0.4, -0.2) is 38.6 Å². The van der Waals surface area contributed by atoms with Crippen molar-refractivity contribution in [1.82, 2.24) is 9.55 Å². The molecule has 0 saturated carbocycles. The summed E-state index contributed by atoms with van der Waals surface area (Å²) in [6.45, 7) is 3.19. The van der Waals surface area contributed by atoms with Crippen molar-refractivity contribution in [2.75, 3.05) is 12.3 Å². The Morgan fingerprint density at radius 3 is 2.83 bits per heavy atom. The van der Waals surface area contributed by atoms with E-state index in [2.05, 4.69) is 4.98 Å². The predicted octanol–water partition coefficient (Wildman–Crippen LogP) is -0.979. The van der Waals surface area contributed by atoms with E-state index in [9.17, 15) is 9.90 Å². The summed E-state index contributed by atoms with van der Waals surface area (Å²) in [7, 11) is 0. The average Bonchev–Trinajstić information content (AvgIpc) is 2.61. The molecule has 0 spiro atoms. The molecule has 4 N–H and O–H groups in total. The topological polar surface area (TPSA) is 111 Å². The van der Waals surface area contributed by atoms with Crippen molar-refractivity contribution in [2.24, 2.45) is 5.92 Å². The number of aliphatic hydroxyl groups excluding tert-OH is 2. The van der Waals surface area contributed by atoms with Gasteiger partial charge >= 0.3 is 5.69 Å². The Morgan fingerprint density at radius 2 is 2.28 bits per heavy atom. The van der Waals surface area contributed by atoms with Crippen LogP contribution < -0.4 is 11.4 Å². The Labute approximate surface area is 104 Å². The van der Waals surface area contributed by atoms with Gasteiger partial charge in [0.05, 0.1) is 12.7 Å². The first-order valence-electron chi connectivity index (χ1n) is 5.75. The van der Waals surface area contributed by atoms with Gasteiger partial charge in [0.25, 0.3) is 0 Å². The molecule has 18 heavy (non-hydrogen) atoms. The fourth-order valence-electron chi connectivity index (χ4n) is 2.12. The molecule has 100 valence electrons. The van der Waals surface area contributed by atoms with Crippen LogP contribution in [0.15, 0.2) is 11.0 Å². The first kappa shape index (κ1) is 13.0. The van der Waals surface area contributed by atoms with E-state index in [-0.39, 0.29) is 18.3 Å². The highest BCUT2D eigenvalue weighted by atomic mass is 16.5. The number of ether oxygens (including phenoxy) is 1. The number of nitrogens with zero attached hydrogens (tertiary/aromatic N) is 2. The molecule has 7 heteroatoms. The van der Waals surface area contributed by atoms with Crippen molar-refractivity contribution in [3.63, 3.8) is 0 Å². The maximum Gasteiger partial charge on any atom is 0.351 e. The van der Waals surface area contributed by atoms with Crippen LogP contribution >= 0.6 is 0 Å². The molecule has 0 aliphatic carbocycles. The smallest absolute Gasteiger partial charge is 0.351 e. The van der Waals surface area contributed by atoms with Gasteiger partial charge < -0.3 is 20.7 Å². The lowest BCUT2D eigenvalue weighted by Gasteiger charge is -2.18. The van der Waals surface area contributed by atoms with Crippen molar-refractivity contribution in [3.05, 3.63) is 22.2 Å². The number of nitrogens with two attached hydrogens (primary N) is 1. The van der Waals surface area contributed by atoms with E-state index in [1.54, 1.807) is 20.0 Å². The molecular formula is C11H17N3O4. The Morgan fingerprint density at radius 1 is 1.61 bits per heavy atom. The van der Waals surface area contributed by atoms with E-state index < -0.39 is 24.1 Å². The van der Waals surface area contributed by atoms with Crippen LogP contribution in [0.3, 0.4) is 0 Å². The highest BCUT2D eigenvalue weighted by Crippen LogP contribution is 2.33. The number of hydrogen-bond acceptors (Lipinski definition) is 6. The number of aliphatic hydroxyl groups is 2. The number of aryl methyl sites for hydroxylation is 1. The van der Waals surface area contributed by atoms with Gasteiger partial charge in [0.1, 0.15) is 18.1 Å². The van der Waals surface area contributed by atoms with Crippen molar-refractivity contribution in [1.29, 1.82) is 0 Å². The second-order valence-electron chi connectivity index (χ2n) is 4.60. The Hall–Kier alpha value is -1.44. The summed E-state index contributed by atoms with van der Waals surface area (Å²) >= 11 is 0. The molecule has 0 aromatic carbocycles. The molecule has 4 atom stereocenters. The van der Waals surface area contributed by atoms with Crippen molar-refractivity contribution >= 4 is 5.82 Å². The average molecular weight is 255 g/mol. The molecule has 1 aromatic heterocycles. The lowest BCUT2D eigenvalue weighted by molar-refractivity contribution is -0.0476. The highest BCUT2D eigenvalue weighted by molar-refractivity contribution is 5.35. The van der Waals surface area contributed by atoms with E-state index >= 15 is 0 Å². The number of nitrogen functional groups attached to an aromatic ring is 1. The van der Waals surface area contributed by atoms with Crippen molar-refractivity contribution < 1.29 is 14.9 Å². The van der Waals surface area contributed by atoms with Gasteiger partial charge in [-0.2, -0.15) is 4.98 Å². The van der Waals surface area contributed by atoms with Crippen LogP contribution in [0.25, 0.3) is 0 Å². The molecule has 1 aliphatic heterocycles. The second kappa shape index (κ2) is 4.68. The molecular weight excluding hydrogens is 238 g/mol. The fourth-order valence-corrected chi connectivity index (χ4v) is 2.12. The lowest BCUT2D eigenvalue weighted by Crippen LogP contribution is -2.31. The summed E-state index contributed by atoms with van der Waals surface area (Å²) in [5.74, 6) is -0.133. The number of hydrogen-bond donors (Lipinski definition) is 3. The van der Waals surface area contributed by atoms with E-state index in [1.807, 2.05) is 0 Å². The Bertz CT molecular complexity index is 502. The summed E-state index contributed by atoms with van der Waals surface area (Å²) in [6.07, 6.45) is -0.589. The predicted molar refractivity (Wildman–Crippen MR) is 63.8 cm³/mol. The molecule has 7 nitrogen and oxygen atoms in total. The molecule has 1 aliphatic rings. The quantitative estimate of drug-likeness (QED) is 0.626. The normalized spacial score (nSPS) is 31.8. The van der Waals surface area contributed by atoms with E-state index in [4.69, 9.17) is 15.6 Å². The lowest BCUT2D eigenvalue weighted by atomic mass is 10.0. The van der Waals surface area contributed by atoms with Crippen LogP contribution in [0.1, 0.15) is 18.7 Å². The number of anilines is 1. The van der Waals surface area contributed by atoms with Crippen molar-refractivity contribution in [3.8, 4) is 0 Å². The SMILES string of the molecule is Cc1cn([C@@H]2O[C@H](CO)C(O)[C@@H]2C)c(=O)nc1N. The molecule has 0 radical (unpaired) electrons. The summed E-state index contributed by atoms with van der Waals surface area (Å²) in [4.78, 5) is 15.5. The minimum absolute atomic E-state index is 0.182. The zero-order chi connectivity index (χ0) is 13.4. The minimum atomic E-state index is -0.815. The van der Waals surface area contributed by atoms with E-state index in [0.29, 0.717) is 5.56 Å². The van der Waals surface area contributed by atoms with Crippen LogP contribution in [-0.2, 0) is 4.74 Å². The zero-order valence-electron chi connectivity index (χ0n) is 10.3. The standard InChI is InChI=1S/C11H17N3O4/c1-5-3-14(11(17)13-9(5)12)10-6(2)8(16)7(4-15)18-10/h3,6-8,10,15-16H,4H2,1-2H3,(H2,12,13,17)/t6-,7+,8?,10+/m0/s1. The van der Waals surface area contributed by atoms with Gasteiger partial charge in [0, 0.05) is 17.7 Å². The number of aromatic nitrogens is 2. The third-order valence-electron chi connectivity index (χ3n) is 3.31. The van der Waals surface area contributed by atoms with Gasteiger partial charge in [0.2, 0.25) is 0 Å². The van der Waals surface area contributed by atoms with Crippen LogP contribution in [0.4, 0.5) is 5.82 Å². The minimum Gasteiger partial charge on any atom is -0.394 e. The van der Waals surface area contributed by atoms with Crippen LogP contribution in [0.2, 0.25) is 0 Å². The van der Waals surface area contributed by atoms with Crippen LogP contribution in [0.5, 0.6) is 0 Å². The third kappa shape index (κ3) is 2.00. The maximum atomic E-state index is 11.8. The van der Waals surface area contributed by atoms with Gasteiger partial charge in [-0.1, -0.05) is 6.92 Å². The summed E-state index contributed by atoms with van der Waals surface area (Å²) in [6, 6.07) is 0. The molecule has 1 aromatic rings. The molecule has 0 bridgehead atoms. The van der Waals surface area contributed by atoms with Gasteiger partial charge in [-0.25, -0.2) is 4.79 Å². The van der Waals surface area contributed by atoms with Gasteiger partial charge in [0.15, 0.2) is 0 Å². The first-order chi connectivity index (χ1) is 8.45. The molecule has 2 rings (SSSR count). The molecule has 2 heterocycles. The van der Waals surface area contributed by atoms with Gasteiger partial charge in [-0.15, -0.1) is 0 Å². The first-order valence-corrected chi connectivity index (χ1v) is 5.75. The highest BCUT2D eigenvalue weighted by Gasteiger charge is 2.41. The fraction of sp³-hybridized carbons (Fsp3) is 0.636.